The maximum Gasteiger partial charge on any atom is 0.252 e. The summed E-state index contributed by atoms with van der Waals surface area (Å²) >= 11 is 0. The van der Waals surface area contributed by atoms with Crippen molar-refractivity contribution in [3.8, 4) is 0 Å². The summed E-state index contributed by atoms with van der Waals surface area (Å²) in [4.78, 5) is 13.1. The average Bonchev–Trinajstić information content (AvgIpc) is 2.96. The molecular formula is C27H51N5O13. The normalized spacial score (nSPS) is 48.9. The standard InChI is InChI=1S/C27H51N5O13/c1-26(40)10-42-23(19(38)22(26)30-2)45-21-13(32-25(39)27(41)7-11(28)8-27)6-12(29)20(18(21)37)44-24-17(36)16(35)15(34)14(43-24)9-31-4-3-5-33/h11-24,30-31,33-38,40-41H,3-10,28-29H2,1-2H3,(H,32,39)/t11?,12-,13+,14+,15+,16-,17+,18-,19+,20+,21-,22+,23+,24+,26-,27?/m0/s1. The monoisotopic (exact) mass is 653 g/mol. The van der Waals surface area contributed by atoms with E-state index in [-0.39, 0.29) is 45.1 Å². The molecule has 45 heavy (non-hydrogen) atoms. The fourth-order valence-electron chi connectivity index (χ4n) is 6.55. The van der Waals surface area contributed by atoms with Gasteiger partial charge in [0.25, 0.3) is 5.91 Å². The Bertz CT molecular complexity index is 977. The molecule has 4 rings (SSSR count). The molecule has 0 aromatic rings. The summed E-state index contributed by atoms with van der Waals surface area (Å²) in [5, 5.41) is 93.0. The molecular weight excluding hydrogens is 602 g/mol. The van der Waals surface area contributed by atoms with E-state index in [1.165, 1.54) is 14.0 Å². The molecule has 0 unspecified atom stereocenters. The van der Waals surface area contributed by atoms with Crippen molar-refractivity contribution in [2.24, 2.45) is 11.5 Å². The number of amides is 1. The summed E-state index contributed by atoms with van der Waals surface area (Å²) < 4.78 is 23.4. The van der Waals surface area contributed by atoms with Gasteiger partial charge in [-0.1, -0.05) is 0 Å². The van der Waals surface area contributed by atoms with E-state index in [4.69, 9.17) is 35.5 Å². The van der Waals surface area contributed by atoms with E-state index in [1.807, 2.05) is 0 Å². The van der Waals surface area contributed by atoms with Crippen LogP contribution in [0.5, 0.6) is 0 Å². The van der Waals surface area contributed by atoms with E-state index in [0.717, 1.165) is 0 Å². The molecule has 2 saturated heterocycles. The molecule has 2 aliphatic heterocycles. The topological polar surface area (TPSA) is 304 Å². The third-order valence-electron chi connectivity index (χ3n) is 9.21. The van der Waals surface area contributed by atoms with Crippen LogP contribution >= 0.6 is 0 Å². The first kappa shape index (κ1) is 36.7. The quantitative estimate of drug-likeness (QED) is 0.0870. The van der Waals surface area contributed by atoms with E-state index in [2.05, 4.69) is 16.0 Å². The number of nitrogens with one attached hydrogen (secondary N) is 3. The van der Waals surface area contributed by atoms with Crippen molar-refractivity contribution in [1.82, 2.24) is 16.0 Å². The molecule has 0 radical (unpaired) electrons. The highest BCUT2D eigenvalue weighted by molar-refractivity contribution is 5.86. The number of aliphatic hydroxyl groups is 8. The Balaban J connectivity index is 1.53. The SMILES string of the molecule is CN[C@@H]1[C@@H](O)[C@@H](O[C@@H]2[C@@H](O)[C@H](O[C@H]3O[C@H](CNCCCO)[C@@H](O)[C@H](O)[C@H]3O)[C@@H](N)C[C@H]2NC(=O)C2(O)CC(N)C2)OC[C@]1(C)O. The summed E-state index contributed by atoms with van der Waals surface area (Å²) in [5.41, 5.74) is 9.00. The van der Waals surface area contributed by atoms with Crippen molar-refractivity contribution in [3.63, 3.8) is 0 Å². The van der Waals surface area contributed by atoms with Crippen molar-refractivity contribution in [1.29, 1.82) is 0 Å². The molecule has 15 N–H and O–H groups in total. The van der Waals surface area contributed by atoms with Gasteiger partial charge in [0.05, 0.1) is 18.7 Å². The van der Waals surface area contributed by atoms with Crippen molar-refractivity contribution in [3.05, 3.63) is 0 Å². The minimum Gasteiger partial charge on any atom is -0.396 e. The van der Waals surface area contributed by atoms with Gasteiger partial charge in [-0.3, -0.25) is 4.79 Å². The summed E-state index contributed by atoms with van der Waals surface area (Å²) in [6, 6.07) is -3.28. The van der Waals surface area contributed by atoms with Crippen LogP contribution in [-0.4, -0.2) is 177 Å². The third kappa shape index (κ3) is 7.94. The molecule has 14 atom stereocenters. The molecule has 1 amide bonds. The van der Waals surface area contributed by atoms with Crippen LogP contribution in [-0.2, 0) is 23.7 Å². The highest BCUT2D eigenvalue weighted by atomic mass is 16.7. The van der Waals surface area contributed by atoms with Crippen LogP contribution in [0.4, 0.5) is 0 Å². The zero-order valence-electron chi connectivity index (χ0n) is 25.5. The van der Waals surface area contributed by atoms with Crippen molar-refractivity contribution in [2.45, 2.75) is 129 Å². The molecule has 0 aromatic heterocycles. The van der Waals surface area contributed by atoms with E-state index in [9.17, 15) is 40.5 Å². The molecule has 262 valence electrons. The largest absolute Gasteiger partial charge is 0.396 e. The third-order valence-corrected chi connectivity index (χ3v) is 9.21. The molecule has 0 spiro atoms. The number of ether oxygens (including phenoxy) is 4. The predicted molar refractivity (Wildman–Crippen MR) is 153 cm³/mol. The lowest BCUT2D eigenvalue weighted by Crippen LogP contribution is -2.71. The second-order valence-corrected chi connectivity index (χ2v) is 13.0. The Hall–Kier alpha value is -1.17. The summed E-state index contributed by atoms with van der Waals surface area (Å²) in [5.74, 6) is -0.748. The van der Waals surface area contributed by atoms with Gasteiger partial charge in [0.1, 0.15) is 60.0 Å². The van der Waals surface area contributed by atoms with Crippen molar-refractivity contribution in [2.75, 3.05) is 33.4 Å². The Morgan fingerprint density at radius 2 is 1.62 bits per heavy atom. The van der Waals surface area contributed by atoms with Gasteiger partial charge < -0.3 is 87.2 Å². The van der Waals surface area contributed by atoms with Crippen molar-refractivity contribution >= 4 is 5.91 Å². The van der Waals surface area contributed by atoms with Crippen LogP contribution in [0.1, 0.15) is 32.6 Å². The predicted octanol–water partition coefficient (Wildman–Crippen LogP) is -6.98. The lowest BCUT2D eigenvalue weighted by atomic mass is 9.75. The molecule has 4 aliphatic rings. The van der Waals surface area contributed by atoms with Crippen LogP contribution in [0.25, 0.3) is 0 Å². The molecule has 0 aromatic carbocycles. The zero-order valence-corrected chi connectivity index (χ0v) is 25.5. The van der Waals surface area contributed by atoms with Gasteiger partial charge in [-0.05, 0) is 33.4 Å². The first-order chi connectivity index (χ1) is 21.1. The average molecular weight is 654 g/mol. The molecule has 18 nitrogen and oxygen atoms in total. The summed E-state index contributed by atoms with van der Waals surface area (Å²) in [6.45, 7) is 1.61. The first-order valence-electron chi connectivity index (χ1n) is 15.4. The number of hydrogen-bond acceptors (Lipinski definition) is 17. The molecule has 2 aliphatic carbocycles. The number of carbonyl (C=O) groups excluding carboxylic acids is 1. The summed E-state index contributed by atoms with van der Waals surface area (Å²) in [7, 11) is 1.53. The van der Waals surface area contributed by atoms with Crippen LogP contribution in [0.15, 0.2) is 0 Å². The van der Waals surface area contributed by atoms with Crippen LogP contribution in [0.2, 0.25) is 0 Å². The minimum atomic E-state index is -1.73. The van der Waals surface area contributed by atoms with E-state index in [0.29, 0.717) is 13.0 Å². The van der Waals surface area contributed by atoms with E-state index >= 15 is 0 Å². The lowest BCUT2D eigenvalue weighted by molar-refractivity contribution is -0.331. The van der Waals surface area contributed by atoms with Gasteiger partial charge in [-0.25, -0.2) is 0 Å². The number of hydrogen-bond donors (Lipinski definition) is 13. The van der Waals surface area contributed by atoms with Crippen molar-refractivity contribution < 1.29 is 64.6 Å². The maximum absolute atomic E-state index is 13.1. The molecule has 0 bridgehead atoms. The Morgan fingerprint density at radius 3 is 2.24 bits per heavy atom. The van der Waals surface area contributed by atoms with E-state index in [1.54, 1.807) is 0 Å². The van der Waals surface area contributed by atoms with Gasteiger partial charge in [0.2, 0.25) is 0 Å². The number of likely N-dealkylation sites (N-methyl/N-ethyl adjacent to an activating group) is 1. The highest BCUT2D eigenvalue weighted by Crippen LogP contribution is 2.35. The Labute approximate surface area is 261 Å². The second kappa shape index (κ2) is 14.9. The smallest absolute Gasteiger partial charge is 0.252 e. The highest BCUT2D eigenvalue weighted by Gasteiger charge is 2.55. The molecule has 2 saturated carbocycles. The summed E-state index contributed by atoms with van der Waals surface area (Å²) in [6.07, 6.45) is -14.2. The Morgan fingerprint density at radius 1 is 0.956 bits per heavy atom. The first-order valence-corrected chi connectivity index (χ1v) is 15.4. The van der Waals surface area contributed by atoms with Gasteiger partial charge in [-0.2, -0.15) is 0 Å². The second-order valence-electron chi connectivity index (χ2n) is 13.0. The number of carbonyl (C=O) groups is 1. The molecule has 2 heterocycles. The zero-order chi connectivity index (χ0) is 33.3. The number of rotatable bonds is 12. The van der Waals surface area contributed by atoms with Gasteiger partial charge in [0, 0.05) is 38.1 Å². The Kier molecular flexibility index (Phi) is 12.2. The van der Waals surface area contributed by atoms with Crippen LogP contribution in [0.3, 0.4) is 0 Å². The fourth-order valence-corrected chi connectivity index (χ4v) is 6.55. The van der Waals surface area contributed by atoms with Crippen LogP contribution < -0.4 is 27.4 Å². The number of aliphatic hydroxyl groups excluding tert-OH is 6. The molecule has 18 heteroatoms. The fraction of sp³-hybridized carbons (Fsp3) is 0.963. The van der Waals surface area contributed by atoms with Gasteiger partial charge in [0.15, 0.2) is 12.6 Å². The lowest BCUT2D eigenvalue weighted by Gasteiger charge is -2.50. The maximum atomic E-state index is 13.1. The minimum absolute atomic E-state index is 0.0297. The van der Waals surface area contributed by atoms with Gasteiger partial charge >= 0.3 is 0 Å². The van der Waals surface area contributed by atoms with Gasteiger partial charge in [-0.15, -0.1) is 0 Å². The number of nitrogens with two attached hydrogens (primary N) is 2. The molecule has 4 fully saturated rings. The van der Waals surface area contributed by atoms with E-state index < -0.39 is 96.6 Å². The van der Waals surface area contributed by atoms with Crippen LogP contribution in [0, 0.1) is 0 Å².